The van der Waals surface area contributed by atoms with Crippen LogP contribution in [0.4, 0.5) is 0 Å². The zero-order chi connectivity index (χ0) is 18.7. The fourth-order valence-electron chi connectivity index (χ4n) is 3.43. The molecule has 0 saturated carbocycles. The van der Waals surface area contributed by atoms with Gasteiger partial charge in [-0.3, -0.25) is 0 Å². The van der Waals surface area contributed by atoms with E-state index in [2.05, 4.69) is 38.9 Å². The molecule has 0 spiro atoms. The molecule has 26 heavy (non-hydrogen) atoms. The van der Waals surface area contributed by atoms with Crippen molar-refractivity contribution in [2.75, 3.05) is 7.11 Å². The fourth-order valence-corrected chi connectivity index (χ4v) is 5.45. The molecule has 4 nitrogen and oxygen atoms in total. The van der Waals surface area contributed by atoms with Crippen LogP contribution in [-0.4, -0.2) is 15.5 Å². The van der Waals surface area contributed by atoms with Crippen LogP contribution in [0.25, 0.3) is 0 Å². The van der Waals surface area contributed by atoms with Crippen molar-refractivity contribution in [1.29, 1.82) is 0 Å². The van der Waals surface area contributed by atoms with Crippen molar-refractivity contribution in [2.24, 2.45) is 0 Å². The number of sulfonamides is 1. The Labute approximate surface area is 164 Å². The molecule has 140 valence electrons. The monoisotopic (exact) mass is 437 g/mol. The highest BCUT2D eigenvalue weighted by Gasteiger charge is 2.22. The lowest BCUT2D eigenvalue weighted by molar-refractivity contribution is 0.411. The van der Waals surface area contributed by atoms with E-state index in [9.17, 15) is 8.42 Å². The van der Waals surface area contributed by atoms with Crippen molar-refractivity contribution in [3.05, 3.63) is 57.6 Å². The number of rotatable bonds is 6. The quantitative estimate of drug-likeness (QED) is 0.707. The highest BCUT2D eigenvalue weighted by molar-refractivity contribution is 9.10. The highest BCUT2D eigenvalue weighted by Crippen LogP contribution is 2.30. The van der Waals surface area contributed by atoms with Gasteiger partial charge in [0.1, 0.15) is 5.75 Å². The zero-order valence-electron chi connectivity index (χ0n) is 15.1. The third-order valence-corrected chi connectivity index (χ3v) is 7.00. The Morgan fingerprint density at radius 3 is 2.50 bits per heavy atom. The van der Waals surface area contributed by atoms with E-state index in [1.165, 1.54) is 24.0 Å². The largest absolute Gasteiger partial charge is 0.496 e. The molecule has 1 aliphatic rings. The Morgan fingerprint density at radius 2 is 1.85 bits per heavy atom. The van der Waals surface area contributed by atoms with E-state index >= 15 is 0 Å². The van der Waals surface area contributed by atoms with Crippen LogP contribution >= 0.6 is 15.9 Å². The summed E-state index contributed by atoms with van der Waals surface area (Å²) >= 11 is 3.35. The lowest BCUT2D eigenvalue weighted by Crippen LogP contribution is -2.28. The van der Waals surface area contributed by atoms with Crippen LogP contribution in [-0.2, 0) is 22.9 Å². The molecule has 0 bridgehead atoms. The molecule has 0 radical (unpaired) electrons. The van der Waals surface area contributed by atoms with Crippen molar-refractivity contribution >= 4 is 26.0 Å². The van der Waals surface area contributed by atoms with E-state index in [4.69, 9.17) is 4.74 Å². The van der Waals surface area contributed by atoms with Gasteiger partial charge in [0.25, 0.3) is 0 Å². The molecule has 6 heteroatoms. The highest BCUT2D eigenvalue weighted by atomic mass is 79.9. The summed E-state index contributed by atoms with van der Waals surface area (Å²) in [5.74, 6) is 0.602. The van der Waals surface area contributed by atoms with Gasteiger partial charge in [-0.15, -0.1) is 0 Å². The molecule has 0 amide bonds. The van der Waals surface area contributed by atoms with Gasteiger partial charge < -0.3 is 4.74 Å². The number of aryl methyl sites for hydroxylation is 2. The first-order chi connectivity index (χ1) is 12.4. The summed E-state index contributed by atoms with van der Waals surface area (Å²) in [6.45, 7) is 2.00. The molecule has 0 saturated heterocycles. The summed E-state index contributed by atoms with van der Waals surface area (Å²) in [7, 11) is -2.07. The molecule has 2 aromatic carbocycles. The van der Waals surface area contributed by atoms with E-state index in [0.29, 0.717) is 16.6 Å². The van der Waals surface area contributed by atoms with Crippen LogP contribution in [0.5, 0.6) is 5.75 Å². The predicted octanol–water partition coefficient (Wildman–Crippen LogP) is 4.77. The van der Waals surface area contributed by atoms with Crippen LogP contribution in [0.3, 0.4) is 0 Å². The summed E-state index contributed by atoms with van der Waals surface area (Å²) in [5, 5.41) is 0. The van der Waals surface area contributed by atoms with Crippen molar-refractivity contribution < 1.29 is 13.2 Å². The fraction of sp³-hybridized carbons (Fsp3) is 0.400. The maximum absolute atomic E-state index is 12.8. The second kappa shape index (κ2) is 8.11. The normalized spacial score (nSPS) is 15.3. The molecule has 0 aliphatic heterocycles. The molecule has 0 heterocycles. The zero-order valence-corrected chi connectivity index (χ0v) is 17.5. The summed E-state index contributed by atoms with van der Waals surface area (Å²) < 4.78 is 34.3. The van der Waals surface area contributed by atoms with Gasteiger partial charge in [0.2, 0.25) is 10.0 Å². The molecule has 1 atom stereocenters. The Bertz CT molecular complexity index is 896. The number of benzene rings is 2. The number of ether oxygens (including phenoxy) is 1. The van der Waals surface area contributed by atoms with Gasteiger partial charge in [-0.1, -0.05) is 25.1 Å². The van der Waals surface area contributed by atoms with Gasteiger partial charge >= 0.3 is 0 Å². The van der Waals surface area contributed by atoms with E-state index in [0.717, 1.165) is 18.4 Å². The predicted molar refractivity (Wildman–Crippen MR) is 107 cm³/mol. The maximum atomic E-state index is 12.8. The standard InChI is InChI=1S/C20H24BrNO3S/c1-3-19(16-9-8-14-6-4-5-7-15(14)12-16)22-26(23,24)17-10-11-20(25-2)18(21)13-17/h8-13,19,22H,3-7H2,1-2H3/t19-/m0/s1. The summed E-state index contributed by atoms with van der Waals surface area (Å²) in [5.41, 5.74) is 3.79. The Kier molecular flexibility index (Phi) is 6.05. The third kappa shape index (κ3) is 4.13. The van der Waals surface area contributed by atoms with Gasteiger partial charge in [0.15, 0.2) is 0 Å². The van der Waals surface area contributed by atoms with Crippen molar-refractivity contribution in [3.8, 4) is 5.75 Å². The molecule has 3 rings (SSSR count). The minimum Gasteiger partial charge on any atom is -0.496 e. The topological polar surface area (TPSA) is 55.4 Å². The van der Waals surface area contributed by atoms with Crippen molar-refractivity contribution in [2.45, 2.75) is 50.0 Å². The van der Waals surface area contributed by atoms with Gasteiger partial charge in [-0.2, -0.15) is 0 Å². The van der Waals surface area contributed by atoms with Gasteiger partial charge in [-0.05, 0) is 82.9 Å². The van der Waals surface area contributed by atoms with Crippen LogP contribution in [0.2, 0.25) is 0 Å². The molecule has 1 N–H and O–H groups in total. The molecule has 0 unspecified atom stereocenters. The molecular formula is C20H24BrNO3S. The Balaban J connectivity index is 1.86. The summed E-state index contributed by atoms with van der Waals surface area (Å²) in [4.78, 5) is 0.224. The van der Waals surface area contributed by atoms with Gasteiger partial charge in [0, 0.05) is 6.04 Å². The molecule has 0 fully saturated rings. The number of hydrogen-bond acceptors (Lipinski definition) is 3. The van der Waals surface area contributed by atoms with E-state index < -0.39 is 10.0 Å². The van der Waals surface area contributed by atoms with Crippen LogP contribution in [0.1, 0.15) is 48.9 Å². The Hall–Kier alpha value is -1.37. The summed E-state index contributed by atoms with van der Waals surface area (Å²) in [6, 6.07) is 10.9. The number of methoxy groups -OCH3 is 1. The first kappa shape index (κ1) is 19.4. The maximum Gasteiger partial charge on any atom is 0.241 e. The lowest BCUT2D eigenvalue weighted by atomic mass is 9.89. The number of hydrogen-bond donors (Lipinski definition) is 1. The number of nitrogens with one attached hydrogen (secondary N) is 1. The molecule has 0 aromatic heterocycles. The number of fused-ring (bicyclic) bond motifs is 1. The third-order valence-electron chi connectivity index (χ3n) is 4.91. The second-order valence-corrected chi connectivity index (χ2v) is 9.18. The average Bonchev–Trinajstić information content (AvgIpc) is 2.65. The molecule has 2 aromatic rings. The molecular weight excluding hydrogens is 414 g/mol. The first-order valence-corrected chi connectivity index (χ1v) is 11.2. The molecule has 1 aliphatic carbocycles. The minimum absolute atomic E-state index is 0.224. The van der Waals surface area contributed by atoms with Crippen LogP contribution < -0.4 is 9.46 Å². The van der Waals surface area contributed by atoms with Gasteiger partial charge in [0.05, 0.1) is 16.5 Å². The van der Waals surface area contributed by atoms with Crippen molar-refractivity contribution in [3.63, 3.8) is 0 Å². The smallest absolute Gasteiger partial charge is 0.241 e. The number of halogens is 1. The van der Waals surface area contributed by atoms with Crippen LogP contribution in [0.15, 0.2) is 45.8 Å². The minimum atomic E-state index is -3.62. The van der Waals surface area contributed by atoms with E-state index in [-0.39, 0.29) is 10.9 Å². The first-order valence-electron chi connectivity index (χ1n) is 8.92. The van der Waals surface area contributed by atoms with Gasteiger partial charge in [-0.25, -0.2) is 13.1 Å². The lowest BCUT2D eigenvalue weighted by Gasteiger charge is -2.22. The van der Waals surface area contributed by atoms with E-state index in [1.807, 2.05) is 6.92 Å². The van der Waals surface area contributed by atoms with Crippen LogP contribution in [0, 0.1) is 0 Å². The average molecular weight is 438 g/mol. The second-order valence-electron chi connectivity index (χ2n) is 6.61. The van der Waals surface area contributed by atoms with Crippen molar-refractivity contribution in [1.82, 2.24) is 4.72 Å². The SMILES string of the molecule is CC[C@H](NS(=O)(=O)c1ccc(OC)c(Br)c1)c1ccc2c(c1)CCCC2. The Morgan fingerprint density at radius 1 is 1.12 bits per heavy atom. The van der Waals surface area contributed by atoms with E-state index in [1.54, 1.807) is 25.3 Å². The summed E-state index contributed by atoms with van der Waals surface area (Å²) in [6.07, 6.45) is 5.34.